The Morgan fingerprint density at radius 1 is 1.42 bits per heavy atom. The molecule has 1 saturated heterocycles. The molecule has 9 nitrogen and oxygen atoms in total. The molecule has 140 valence electrons. The Hall–Kier alpha value is -2.71. The fraction of sp³-hybridized carbons (Fsp3) is 0.588. The molecule has 0 bridgehead atoms. The highest BCUT2D eigenvalue weighted by Crippen LogP contribution is 2.29. The van der Waals surface area contributed by atoms with Crippen molar-refractivity contribution in [3.8, 4) is 0 Å². The summed E-state index contributed by atoms with van der Waals surface area (Å²) in [7, 11) is 3.76. The average Bonchev–Trinajstić information content (AvgIpc) is 2.76. The number of urea groups is 1. The number of amides is 4. The summed E-state index contributed by atoms with van der Waals surface area (Å²) in [4.78, 5) is 48.2. The minimum Gasteiger partial charge on any atom is -0.348 e. The lowest BCUT2D eigenvalue weighted by molar-refractivity contribution is -0.134. The minimum absolute atomic E-state index is 0.212. The lowest BCUT2D eigenvalue weighted by atomic mass is 9.92. The van der Waals surface area contributed by atoms with Crippen molar-refractivity contribution >= 4 is 23.8 Å². The molecule has 1 atom stereocenters. The topological polar surface area (TPSA) is 108 Å². The van der Waals surface area contributed by atoms with Gasteiger partial charge >= 0.3 is 6.03 Å². The number of carbonyl (C=O) groups excluding carboxylic acids is 3. The van der Waals surface area contributed by atoms with Crippen LogP contribution in [0.15, 0.2) is 6.20 Å². The van der Waals surface area contributed by atoms with Crippen LogP contribution in [0.25, 0.3) is 0 Å². The van der Waals surface area contributed by atoms with Crippen LogP contribution in [0.5, 0.6) is 0 Å². The van der Waals surface area contributed by atoms with Gasteiger partial charge in [-0.2, -0.15) is 0 Å². The summed E-state index contributed by atoms with van der Waals surface area (Å²) >= 11 is 0. The summed E-state index contributed by atoms with van der Waals surface area (Å²) in [5.74, 6) is -0.140. The third-order valence-electron chi connectivity index (χ3n) is 4.65. The second kappa shape index (κ2) is 6.54. The fourth-order valence-electron chi connectivity index (χ4n) is 3.25. The molecular formula is C17H24N6O3. The first-order valence-corrected chi connectivity index (χ1v) is 8.65. The van der Waals surface area contributed by atoms with E-state index in [1.807, 2.05) is 19.0 Å². The number of aromatic nitrogens is 2. The van der Waals surface area contributed by atoms with E-state index in [-0.39, 0.29) is 18.5 Å². The summed E-state index contributed by atoms with van der Waals surface area (Å²) in [5, 5.41) is 5.48. The van der Waals surface area contributed by atoms with E-state index in [9.17, 15) is 14.4 Å². The van der Waals surface area contributed by atoms with Crippen LogP contribution in [0.2, 0.25) is 0 Å². The largest absolute Gasteiger partial charge is 0.348 e. The Labute approximate surface area is 152 Å². The van der Waals surface area contributed by atoms with Gasteiger partial charge in [0.25, 0.3) is 5.91 Å². The molecule has 2 heterocycles. The maximum Gasteiger partial charge on any atom is 0.325 e. The van der Waals surface area contributed by atoms with E-state index in [1.165, 1.54) is 0 Å². The van der Waals surface area contributed by atoms with Gasteiger partial charge < -0.3 is 15.5 Å². The molecule has 9 heteroatoms. The summed E-state index contributed by atoms with van der Waals surface area (Å²) in [6.07, 6.45) is 4.26. The fourth-order valence-corrected chi connectivity index (χ4v) is 3.25. The Bertz CT molecular complexity index is 761. The second-order valence-corrected chi connectivity index (χ2v) is 7.43. The first-order chi connectivity index (χ1) is 12.2. The van der Waals surface area contributed by atoms with Crippen LogP contribution < -0.4 is 15.5 Å². The zero-order valence-electron chi connectivity index (χ0n) is 15.5. The number of fused-ring (bicyclic) bond motifs is 1. The molecule has 0 radical (unpaired) electrons. The number of anilines is 1. The zero-order chi connectivity index (χ0) is 19.1. The molecule has 0 unspecified atom stereocenters. The molecular weight excluding hydrogens is 336 g/mol. The molecule has 0 spiro atoms. The third kappa shape index (κ3) is 3.33. The number of aryl methyl sites for hydroxylation is 1. The van der Waals surface area contributed by atoms with E-state index < -0.39 is 17.5 Å². The van der Waals surface area contributed by atoms with Gasteiger partial charge in [0, 0.05) is 25.9 Å². The standard InChI is InChI=1S/C17H24N6O3/c1-17(2)14(25)23(16(26)21-17)9-13(24)19-11-6-5-7-12-10(11)8-18-15(20-12)22(3)4/h8,11H,5-7,9H2,1-4H3,(H,19,24)(H,21,26)/t11-/m0/s1. The molecule has 1 aromatic heterocycles. The predicted molar refractivity (Wildman–Crippen MR) is 94.5 cm³/mol. The molecule has 3 rings (SSSR count). The van der Waals surface area contributed by atoms with Crippen LogP contribution in [0.3, 0.4) is 0 Å². The van der Waals surface area contributed by atoms with Crippen molar-refractivity contribution in [3.63, 3.8) is 0 Å². The first-order valence-electron chi connectivity index (χ1n) is 8.65. The number of hydrogen-bond donors (Lipinski definition) is 2. The van der Waals surface area contributed by atoms with E-state index in [2.05, 4.69) is 20.6 Å². The monoisotopic (exact) mass is 360 g/mol. The molecule has 1 aliphatic heterocycles. The van der Waals surface area contributed by atoms with E-state index in [1.54, 1.807) is 20.0 Å². The van der Waals surface area contributed by atoms with E-state index in [0.29, 0.717) is 5.95 Å². The van der Waals surface area contributed by atoms with Gasteiger partial charge in [-0.15, -0.1) is 0 Å². The van der Waals surface area contributed by atoms with Gasteiger partial charge in [-0.25, -0.2) is 14.8 Å². The van der Waals surface area contributed by atoms with Gasteiger partial charge in [-0.1, -0.05) is 0 Å². The maximum absolute atomic E-state index is 12.4. The molecule has 2 N–H and O–H groups in total. The van der Waals surface area contributed by atoms with Gasteiger partial charge in [-0.05, 0) is 33.1 Å². The molecule has 2 aliphatic rings. The van der Waals surface area contributed by atoms with Crippen molar-refractivity contribution in [2.45, 2.75) is 44.7 Å². The summed E-state index contributed by atoms with van der Waals surface area (Å²) < 4.78 is 0. The molecule has 1 fully saturated rings. The number of nitrogens with zero attached hydrogens (tertiary/aromatic N) is 4. The molecule has 1 aromatic rings. The van der Waals surface area contributed by atoms with E-state index in [4.69, 9.17) is 0 Å². The summed E-state index contributed by atoms with van der Waals surface area (Å²) in [6, 6.07) is -0.755. The third-order valence-corrected chi connectivity index (χ3v) is 4.65. The SMILES string of the molecule is CN(C)c1ncc2c(n1)CCC[C@@H]2NC(=O)CN1C(=O)NC(C)(C)C1=O. The van der Waals surface area contributed by atoms with Gasteiger partial charge in [0.1, 0.15) is 12.1 Å². The van der Waals surface area contributed by atoms with Crippen LogP contribution in [0.1, 0.15) is 44.0 Å². The highest BCUT2D eigenvalue weighted by molar-refractivity contribution is 6.08. The first kappa shape index (κ1) is 18.1. The average molecular weight is 360 g/mol. The Kier molecular flexibility index (Phi) is 4.55. The Balaban J connectivity index is 1.70. The van der Waals surface area contributed by atoms with Crippen LogP contribution in [0, 0.1) is 0 Å². The minimum atomic E-state index is -0.981. The van der Waals surface area contributed by atoms with Crippen molar-refractivity contribution in [2.24, 2.45) is 0 Å². The number of hydrogen-bond acceptors (Lipinski definition) is 6. The van der Waals surface area contributed by atoms with E-state index >= 15 is 0 Å². The van der Waals surface area contributed by atoms with Crippen LogP contribution in [-0.4, -0.2) is 58.9 Å². The van der Waals surface area contributed by atoms with Crippen molar-refractivity contribution in [1.82, 2.24) is 25.5 Å². The lowest BCUT2D eigenvalue weighted by Gasteiger charge is -2.27. The van der Waals surface area contributed by atoms with Gasteiger partial charge in [0.05, 0.1) is 11.7 Å². The highest BCUT2D eigenvalue weighted by Gasteiger charge is 2.45. The lowest BCUT2D eigenvalue weighted by Crippen LogP contribution is -2.44. The van der Waals surface area contributed by atoms with Gasteiger partial charge in [0.15, 0.2) is 0 Å². The normalized spacial score (nSPS) is 21.2. The van der Waals surface area contributed by atoms with Crippen LogP contribution in [0.4, 0.5) is 10.7 Å². The van der Waals surface area contributed by atoms with Gasteiger partial charge in [-0.3, -0.25) is 14.5 Å². The number of nitrogens with one attached hydrogen (secondary N) is 2. The maximum atomic E-state index is 12.4. The number of carbonyl (C=O) groups is 3. The quantitative estimate of drug-likeness (QED) is 0.751. The van der Waals surface area contributed by atoms with E-state index in [0.717, 1.165) is 35.4 Å². The van der Waals surface area contributed by atoms with Crippen LogP contribution in [-0.2, 0) is 16.0 Å². The molecule has 0 aromatic carbocycles. The molecule has 4 amide bonds. The predicted octanol–water partition coefficient (Wildman–Crippen LogP) is 0.367. The van der Waals surface area contributed by atoms with Crippen molar-refractivity contribution in [3.05, 3.63) is 17.5 Å². The van der Waals surface area contributed by atoms with Crippen molar-refractivity contribution < 1.29 is 14.4 Å². The zero-order valence-corrected chi connectivity index (χ0v) is 15.5. The molecule has 0 saturated carbocycles. The second-order valence-electron chi connectivity index (χ2n) is 7.43. The molecule has 1 aliphatic carbocycles. The highest BCUT2D eigenvalue weighted by atomic mass is 16.2. The Morgan fingerprint density at radius 3 is 2.77 bits per heavy atom. The summed E-state index contributed by atoms with van der Waals surface area (Å²) in [5.41, 5.74) is 0.842. The van der Waals surface area contributed by atoms with Crippen LogP contribution >= 0.6 is 0 Å². The van der Waals surface area contributed by atoms with Crippen molar-refractivity contribution in [1.29, 1.82) is 0 Å². The smallest absolute Gasteiger partial charge is 0.325 e. The Morgan fingerprint density at radius 2 is 2.15 bits per heavy atom. The summed E-state index contributed by atoms with van der Waals surface area (Å²) in [6.45, 7) is 2.93. The molecule has 26 heavy (non-hydrogen) atoms. The number of imide groups is 1. The number of rotatable bonds is 4. The van der Waals surface area contributed by atoms with Gasteiger partial charge in [0.2, 0.25) is 11.9 Å². The van der Waals surface area contributed by atoms with Crippen molar-refractivity contribution in [2.75, 3.05) is 25.5 Å².